The van der Waals surface area contributed by atoms with Gasteiger partial charge in [0.1, 0.15) is 11.8 Å². The van der Waals surface area contributed by atoms with Crippen LogP contribution < -0.4 is 0 Å². The second kappa shape index (κ2) is 7.77. The lowest BCUT2D eigenvalue weighted by Crippen LogP contribution is -2.17. The highest BCUT2D eigenvalue weighted by molar-refractivity contribution is 6.08. The predicted molar refractivity (Wildman–Crippen MR) is 100 cm³/mol. The maximum absolute atomic E-state index is 12.8. The van der Waals surface area contributed by atoms with E-state index in [4.69, 9.17) is 4.74 Å². The first-order valence-electron chi connectivity index (χ1n) is 8.45. The van der Waals surface area contributed by atoms with Gasteiger partial charge in [-0.15, -0.1) is 0 Å². The molecule has 1 N–H and O–H groups in total. The number of nitriles is 1. The van der Waals surface area contributed by atoms with Crippen molar-refractivity contribution in [3.63, 3.8) is 0 Å². The molecule has 0 amide bonds. The molecule has 0 saturated heterocycles. The summed E-state index contributed by atoms with van der Waals surface area (Å²) in [5.74, 6) is -0.500. The number of carbonyl (C=O) groups excluding carboxylic acids is 1. The molecule has 2 aromatic rings. The lowest BCUT2D eigenvalue weighted by atomic mass is 10.00. The number of ether oxygens (including phenoxy) is 1. The minimum atomic E-state index is -0.418. The molecule has 0 radical (unpaired) electrons. The van der Waals surface area contributed by atoms with Gasteiger partial charge in [-0.25, -0.2) is 4.79 Å². The number of hydrogen-bond donors (Lipinski definition) is 1. The van der Waals surface area contributed by atoms with Crippen LogP contribution in [0.2, 0.25) is 0 Å². The summed E-state index contributed by atoms with van der Waals surface area (Å²) in [5, 5.41) is 20.7. The number of phenolic OH excluding ortho intramolecular Hbond substituents is 1. The minimum Gasteiger partial charge on any atom is -0.506 e. The lowest BCUT2D eigenvalue weighted by Gasteiger charge is -2.15. The Hall–Kier alpha value is -2.56. The van der Waals surface area contributed by atoms with Crippen LogP contribution >= 0.6 is 0 Å². The molecule has 1 aromatic heterocycles. The summed E-state index contributed by atoms with van der Waals surface area (Å²) in [4.78, 5) is 16.6. The second-order valence-corrected chi connectivity index (χ2v) is 6.83. The summed E-state index contributed by atoms with van der Waals surface area (Å²) < 4.78 is 7.20. The van der Waals surface area contributed by atoms with Crippen molar-refractivity contribution >= 4 is 16.9 Å². The normalized spacial score (nSPS) is 11.3. The molecule has 0 atom stereocenters. The molecule has 0 fully saturated rings. The van der Waals surface area contributed by atoms with Gasteiger partial charge >= 0.3 is 5.97 Å². The fourth-order valence-electron chi connectivity index (χ4n) is 3.18. The molecule has 0 spiro atoms. The Kier molecular flexibility index (Phi) is 5.90. The highest BCUT2D eigenvalue weighted by atomic mass is 16.5. The number of aryl methyl sites for hydroxylation is 1. The molecule has 0 aliphatic heterocycles. The molecule has 0 bridgehead atoms. The Balaban J connectivity index is 2.96. The maximum Gasteiger partial charge on any atom is 0.340 e. The highest BCUT2D eigenvalue weighted by Crippen LogP contribution is 2.37. The van der Waals surface area contributed by atoms with Crippen LogP contribution in [0.1, 0.15) is 34.1 Å². The van der Waals surface area contributed by atoms with E-state index in [0.29, 0.717) is 29.6 Å². The molecule has 7 nitrogen and oxygen atoms in total. The molecule has 0 aliphatic carbocycles. The van der Waals surface area contributed by atoms with E-state index in [1.807, 2.05) is 55.7 Å². The first kappa shape index (κ1) is 19.8. The zero-order chi connectivity index (χ0) is 19.6. The number of carbonyl (C=O) groups is 1. The number of aromatic nitrogens is 1. The van der Waals surface area contributed by atoms with Crippen LogP contribution in [0.3, 0.4) is 0 Å². The fourth-order valence-corrected chi connectivity index (χ4v) is 3.18. The van der Waals surface area contributed by atoms with Gasteiger partial charge in [0.15, 0.2) is 0 Å². The fraction of sp³-hybridized carbons (Fsp3) is 0.474. The number of rotatable bonds is 6. The van der Waals surface area contributed by atoms with Crippen molar-refractivity contribution in [2.45, 2.75) is 20.0 Å². The monoisotopic (exact) mass is 358 g/mol. The summed E-state index contributed by atoms with van der Waals surface area (Å²) in [5.41, 5.74) is 2.73. The Labute approximate surface area is 154 Å². The summed E-state index contributed by atoms with van der Waals surface area (Å²) in [7, 11) is 9.45. The summed E-state index contributed by atoms with van der Waals surface area (Å²) in [6.45, 7) is 2.96. The number of phenols is 1. The summed E-state index contributed by atoms with van der Waals surface area (Å²) in [6.07, 6.45) is 0. The average molecular weight is 358 g/mol. The molecular weight excluding hydrogens is 332 g/mol. The van der Waals surface area contributed by atoms with Gasteiger partial charge in [0.05, 0.1) is 23.3 Å². The smallest absolute Gasteiger partial charge is 0.340 e. The van der Waals surface area contributed by atoms with E-state index >= 15 is 0 Å². The first-order chi connectivity index (χ1) is 12.2. The number of aromatic hydroxyl groups is 1. The van der Waals surface area contributed by atoms with Crippen molar-refractivity contribution in [1.82, 2.24) is 14.4 Å². The average Bonchev–Trinajstić information content (AvgIpc) is 2.82. The van der Waals surface area contributed by atoms with Gasteiger partial charge in [-0.05, 0) is 41.2 Å². The number of benzene rings is 1. The van der Waals surface area contributed by atoms with E-state index in [1.54, 1.807) is 13.0 Å². The molecule has 0 aliphatic rings. The summed E-state index contributed by atoms with van der Waals surface area (Å²) >= 11 is 0. The number of fused-ring (bicyclic) bond motifs is 1. The van der Waals surface area contributed by atoms with Crippen LogP contribution in [0.4, 0.5) is 0 Å². The van der Waals surface area contributed by atoms with Crippen LogP contribution in [0.15, 0.2) is 6.07 Å². The van der Waals surface area contributed by atoms with Gasteiger partial charge in [-0.3, -0.25) is 0 Å². The van der Waals surface area contributed by atoms with Crippen LogP contribution in [0, 0.1) is 11.3 Å². The third kappa shape index (κ3) is 3.52. The molecule has 0 saturated carbocycles. The summed E-state index contributed by atoms with van der Waals surface area (Å²) in [6, 6.07) is 3.67. The lowest BCUT2D eigenvalue weighted by molar-refractivity contribution is 0.0526. The van der Waals surface area contributed by atoms with Crippen molar-refractivity contribution < 1.29 is 14.6 Å². The molecular formula is C19H26N4O3. The zero-order valence-electron chi connectivity index (χ0n) is 16.3. The Bertz CT molecular complexity index is 876. The molecule has 0 unspecified atom stereocenters. The Morgan fingerprint density at radius 1 is 1.27 bits per heavy atom. The first-order valence-corrected chi connectivity index (χ1v) is 8.45. The topological polar surface area (TPSA) is 81.7 Å². The molecule has 7 heteroatoms. The largest absolute Gasteiger partial charge is 0.506 e. The van der Waals surface area contributed by atoms with Gasteiger partial charge in [-0.1, -0.05) is 0 Å². The molecule has 1 heterocycles. The third-order valence-corrected chi connectivity index (χ3v) is 4.23. The van der Waals surface area contributed by atoms with E-state index in [0.717, 1.165) is 11.2 Å². The van der Waals surface area contributed by atoms with E-state index in [2.05, 4.69) is 0 Å². The van der Waals surface area contributed by atoms with Crippen LogP contribution in [-0.4, -0.2) is 60.2 Å². The Morgan fingerprint density at radius 2 is 1.88 bits per heavy atom. The molecule has 2 rings (SSSR count). The SMILES string of the molecule is CCOC(=O)c1c(CN(C)C)n(C)c2cc(C#N)c(O)c(CN(C)C)c12. The van der Waals surface area contributed by atoms with Crippen molar-refractivity contribution in [1.29, 1.82) is 5.26 Å². The highest BCUT2D eigenvalue weighted by Gasteiger charge is 2.27. The maximum atomic E-state index is 12.8. The minimum absolute atomic E-state index is 0.0822. The van der Waals surface area contributed by atoms with Crippen LogP contribution in [0.25, 0.3) is 10.9 Å². The van der Waals surface area contributed by atoms with Gasteiger partial charge in [0.2, 0.25) is 0 Å². The van der Waals surface area contributed by atoms with Gasteiger partial charge in [0.25, 0.3) is 0 Å². The zero-order valence-corrected chi connectivity index (χ0v) is 16.3. The van der Waals surface area contributed by atoms with Crippen molar-refractivity contribution in [2.24, 2.45) is 7.05 Å². The molecule has 140 valence electrons. The molecule has 1 aromatic carbocycles. The Morgan fingerprint density at radius 3 is 2.38 bits per heavy atom. The number of esters is 1. The third-order valence-electron chi connectivity index (χ3n) is 4.23. The van der Waals surface area contributed by atoms with E-state index in [1.165, 1.54) is 0 Å². The van der Waals surface area contributed by atoms with Gasteiger partial charge in [0, 0.05) is 36.8 Å². The van der Waals surface area contributed by atoms with Crippen molar-refractivity contribution in [3.8, 4) is 11.8 Å². The van der Waals surface area contributed by atoms with E-state index in [9.17, 15) is 15.2 Å². The van der Waals surface area contributed by atoms with Crippen LogP contribution in [-0.2, 0) is 24.9 Å². The standard InChI is InChI=1S/C19H26N4O3/c1-7-26-19(25)17-15(11-22(4)5)23(6)14-8-12(9-20)18(24)13(16(14)17)10-21(2)3/h8,24H,7,10-11H2,1-6H3. The second-order valence-electron chi connectivity index (χ2n) is 6.83. The number of hydrogen-bond acceptors (Lipinski definition) is 6. The van der Waals surface area contributed by atoms with E-state index < -0.39 is 5.97 Å². The van der Waals surface area contributed by atoms with Gasteiger partial charge in [-0.2, -0.15) is 5.26 Å². The predicted octanol–water partition coefficient (Wildman–Crippen LogP) is 2.06. The number of nitrogens with zero attached hydrogens (tertiary/aromatic N) is 4. The van der Waals surface area contributed by atoms with Crippen LogP contribution in [0.5, 0.6) is 5.75 Å². The van der Waals surface area contributed by atoms with Gasteiger partial charge < -0.3 is 24.2 Å². The van der Waals surface area contributed by atoms with Crippen molar-refractivity contribution in [3.05, 3.63) is 28.5 Å². The molecule has 26 heavy (non-hydrogen) atoms. The van der Waals surface area contributed by atoms with E-state index in [-0.39, 0.29) is 17.9 Å². The van der Waals surface area contributed by atoms with Crippen molar-refractivity contribution in [2.75, 3.05) is 34.8 Å². The quantitative estimate of drug-likeness (QED) is 0.796.